The summed E-state index contributed by atoms with van der Waals surface area (Å²) in [7, 11) is 1.49. The van der Waals surface area contributed by atoms with Crippen molar-refractivity contribution < 1.29 is 9.59 Å². The molecule has 4 rings (SSSR count). The number of fused-ring (bicyclic) bond motifs is 1. The van der Waals surface area contributed by atoms with Crippen LogP contribution in [-0.4, -0.2) is 28.7 Å². The van der Waals surface area contributed by atoms with Gasteiger partial charge in [-0.05, 0) is 52.9 Å². The molecular formula is C25H20N2O2. The minimum atomic E-state index is -0.363. The monoisotopic (exact) mass is 380 g/mol. The van der Waals surface area contributed by atoms with Gasteiger partial charge < -0.3 is 0 Å². The number of allylic oxidation sites excluding steroid dienone is 1. The van der Waals surface area contributed by atoms with E-state index in [0.717, 1.165) is 32.7 Å². The van der Waals surface area contributed by atoms with Crippen LogP contribution in [0.15, 0.2) is 79.6 Å². The fourth-order valence-electron chi connectivity index (χ4n) is 3.73. The predicted octanol–water partition coefficient (Wildman–Crippen LogP) is 4.83. The minimum absolute atomic E-state index is 0.303. The molecule has 1 aliphatic heterocycles. The average Bonchev–Trinajstić information content (AvgIpc) is 2.77. The quantitative estimate of drug-likeness (QED) is 0.483. The largest absolute Gasteiger partial charge is 0.277 e. The van der Waals surface area contributed by atoms with Crippen LogP contribution < -0.4 is 0 Å². The fraction of sp³-hybridized carbons (Fsp3) is 0.0800. The molecule has 4 nitrogen and oxygen atoms in total. The highest BCUT2D eigenvalue weighted by molar-refractivity contribution is 6.31. The zero-order valence-electron chi connectivity index (χ0n) is 16.3. The summed E-state index contributed by atoms with van der Waals surface area (Å²) in [5.74, 6) is -0.666. The van der Waals surface area contributed by atoms with Crippen LogP contribution >= 0.6 is 0 Å². The van der Waals surface area contributed by atoms with Gasteiger partial charge in [0.25, 0.3) is 11.8 Å². The van der Waals surface area contributed by atoms with Crippen LogP contribution in [0.1, 0.15) is 34.0 Å². The van der Waals surface area contributed by atoms with Crippen molar-refractivity contribution in [3.8, 4) is 11.1 Å². The molecule has 0 saturated carbocycles. The summed E-state index contributed by atoms with van der Waals surface area (Å²) in [4.78, 5) is 30.3. The number of amides is 2. The van der Waals surface area contributed by atoms with E-state index in [0.29, 0.717) is 16.7 Å². The van der Waals surface area contributed by atoms with E-state index in [4.69, 9.17) is 0 Å². The van der Waals surface area contributed by atoms with Crippen LogP contribution in [-0.2, 0) is 4.79 Å². The molecule has 0 radical (unpaired) electrons. The van der Waals surface area contributed by atoms with Gasteiger partial charge in [-0.25, -0.2) is 0 Å². The third-order valence-electron chi connectivity index (χ3n) is 5.25. The number of likely N-dealkylation sites (N-methyl/N-ethyl adjacent to an activating group) is 1. The summed E-state index contributed by atoms with van der Waals surface area (Å²) >= 11 is 0. The van der Waals surface area contributed by atoms with E-state index in [2.05, 4.69) is 23.7 Å². The van der Waals surface area contributed by atoms with Gasteiger partial charge in [-0.2, -0.15) is 0 Å². The van der Waals surface area contributed by atoms with Crippen LogP contribution in [0.2, 0.25) is 0 Å². The van der Waals surface area contributed by atoms with Crippen LogP contribution in [0.25, 0.3) is 22.3 Å². The van der Waals surface area contributed by atoms with Crippen LogP contribution in [0.5, 0.6) is 0 Å². The van der Waals surface area contributed by atoms with E-state index in [1.54, 1.807) is 18.5 Å². The Bertz CT molecular complexity index is 1160. The van der Waals surface area contributed by atoms with E-state index in [1.165, 1.54) is 7.05 Å². The van der Waals surface area contributed by atoms with Gasteiger partial charge in [-0.15, -0.1) is 0 Å². The van der Waals surface area contributed by atoms with Crippen molar-refractivity contribution in [3.63, 3.8) is 0 Å². The van der Waals surface area contributed by atoms with Gasteiger partial charge in [-0.3, -0.25) is 19.5 Å². The van der Waals surface area contributed by atoms with Gasteiger partial charge in [0.15, 0.2) is 0 Å². The summed E-state index contributed by atoms with van der Waals surface area (Å²) in [6.45, 7) is 5.92. The Morgan fingerprint density at radius 3 is 2.24 bits per heavy atom. The normalized spacial score (nSPS) is 14.2. The van der Waals surface area contributed by atoms with Crippen molar-refractivity contribution in [3.05, 3.63) is 102 Å². The standard InChI is InChI=1S/C25H20N2O2/c1-4-20(19-10-8-17(9-11-19)18-12-14-26-15-13-18)21-6-5-7-22-23(21)16(2)24(28)27(3)25(22)29/h4-15H,2H2,1,3H3/b20-4-. The molecule has 0 N–H and O–H groups in total. The van der Waals surface area contributed by atoms with E-state index >= 15 is 0 Å². The molecule has 2 amide bonds. The topological polar surface area (TPSA) is 50.3 Å². The Labute approximate surface area is 169 Å². The lowest BCUT2D eigenvalue weighted by Crippen LogP contribution is -2.38. The Hall–Kier alpha value is -3.79. The van der Waals surface area contributed by atoms with Crippen molar-refractivity contribution in [2.45, 2.75) is 6.92 Å². The molecule has 0 unspecified atom stereocenters. The molecule has 0 fully saturated rings. The molecule has 3 aromatic rings. The number of nitrogens with zero attached hydrogens (tertiary/aromatic N) is 2. The summed E-state index contributed by atoms with van der Waals surface area (Å²) in [5, 5.41) is 0. The molecule has 2 aromatic carbocycles. The number of imide groups is 1. The van der Waals surface area contributed by atoms with Gasteiger partial charge in [0.1, 0.15) is 0 Å². The fourth-order valence-corrected chi connectivity index (χ4v) is 3.73. The molecule has 4 heteroatoms. The Morgan fingerprint density at radius 2 is 1.59 bits per heavy atom. The molecular weight excluding hydrogens is 360 g/mol. The molecule has 1 aliphatic rings. The summed E-state index contributed by atoms with van der Waals surface area (Å²) in [6, 6.07) is 17.7. The molecule has 0 aliphatic carbocycles. The zero-order valence-corrected chi connectivity index (χ0v) is 16.3. The first-order valence-corrected chi connectivity index (χ1v) is 9.35. The molecule has 0 atom stereocenters. The maximum absolute atomic E-state index is 12.6. The van der Waals surface area contributed by atoms with Gasteiger partial charge in [-0.1, -0.05) is 49.1 Å². The van der Waals surface area contributed by atoms with Gasteiger partial charge in [0.05, 0.1) is 0 Å². The van der Waals surface area contributed by atoms with Crippen LogP contribution in [0.4, 0.5) is 0 Å². The average molecular weight is 380 g/mol. The van der Waals surface area contributed by atoms with Crippen LogP contribution in [0, 0.1) is 0 Å². The number of rotatable bonds is 3. The highest BCUT2D eigenvalue weighted by Crippen LogP contribution is 2.36. The van der Waals surface area contributed by atoms with Gasteiger partial charge in [0, 0.05) is 36.1 Å². The predicted molar refractivity (Wildman–Crippen MR) is 115 cm³/mol. The smallest absolute Gasteiger partial charge is 0.261 e. The van der Waals surface area contributed by atoms with Crippen LogP contribution in [0.3, 0.4) is 0 Å². The summed E-state index contributed by atoms with van der Waals surface area (Å²) in [6.07, 6.45) is 5.54. The molecule has 0 saturated heterocycles. The SMILES string of the molecule is C=C1C(=O)N(C)C(=O)c2cccc(/C(=C\C)c3ccc(-c4ccncc4)cc3)c21. The minimum Gasteiger partial charge on any atom is -0.277 e. The lowest BCUT2D eigenvalue weighted by atomic mass is 9.85. The third kappa shape index (κ3) is 3.09. The van der Waals surface area contributed by atoms with Crippen molar-refractivity contribution in [1.29, 1.82) is 0 Å². The second-order valence-corrected chi connectivity index (χ2v) is 6.89. The van der Waals surface area contributed by atoms with Gasteiger partial charge >= 0.3 is 0 Å². The highest BCUT2D eigenvalue weighted by atomic mass is 16.2. The maximum Gasteiger partial charge on any atom is 0.261 e. The number of aromatic nitrogens is 1. The maximum atomic E-state index is 12.6. The zero-order chi connectivity index (χ0) is 20.5. The molecule has 0 spiro atoms. The third-order valence-corrected chi connectivity index (χ3v) is 5.25. The van der Waals surface area contributed by atoms with Gasteiger partial charge in [0.2, 0.25) is 0 Å². The van der Waals surface area contributed by atoms with E-state index in [1.807, 2.05) is 49.4 Å². The molecule has 0 bridgehead atoms. The van der Waals surface area contributed by atoms with E-state index < -0.39 is 0 Å². The number of carbonyl (C=O) groups excluding carboxylic acids is 2. The Balaban J connectivity index is 1.80. The first-order valence-electron chi connectivity index (χ1n) is 9.35. The molecule has 142 valence electrons. The number of hydrogen-bond donors (Lipinski definition) is 0. The second-order valence-electron chi connectivity index (χ2n) is 6.89. The molecule has 1 aromatic heterocycles. The number of carbonyl (C=O) groups is 2. The van der Waals surface area contributed by atoms with E-state index in [9.17, 15) is 9.59 Å². The molecule has 29 heavy (non-hydrogen) atoms. The van der Waals surface area contributed by atoms with Crippen molar-refractivity contribution in [2.75, 3.05) is 7.05 Å². The number of pyridine rings is 1. The van der Waals surface area contributed by atoms with Crippen molar-refractivity contribution in [1.82, 2.24) is 9.88 Å². The number of hydrogen-bond acceptors (Lipinski definition) is 3. The van der Waals surface area contributed by atoms with Crippen molar-refractivity contribution in [2.24, 2.45) is 0 Å². The summed E-state index contributed by atoms with van der Waals surface area (Å²) in [5.41, 5.74) is 6.44. The van der Waals surface area contributed by atoms with E-state index in [-0.39, 0.29) is 11.8 Å². The lowest BCUT2D eigenvalue weighted by Gasteiger charge is -2.27. The summed E-state index contributed by atoms with van der Waals surface area (Å²) < 4.78 is 0. The molecule has 2 heterocycles. The Kier molecular flexibility index (Phi) is 4.69. The number of benzene rings is 2. The lowest BCUT2D eigenvalue weighted by molar-refractivity contribution is -0.121. The highest BCUT2D eigenvalue weighted by Gasteiger charge is 2.33. The first-order chi connectivity index (χ1) is 14.0. The second kappa shape index (κ2) is 7.32. The first kappa shape index (κ1) is 18.6. The Morgan fingerprint density at radius 1 is 0.931 bits per heavy atom. The van der Waals surface area contributed by atoms with Crippen molar-refractivity contribution >= 4 is 23.0 Å².